The molecule has 1 saturated heterocycles. The van der Waals surface area contributed by atoms with Gasteiger partial charge >= 0.3 is 0 Å². The predicted molar refractivity (Wildman–Crippen MR) is 124 cm³/mol. The van der Waals surface area contributed by atoms with Crippen LogP contribution < -0.4 is 5.32 Å². The van der Waals surface area contributed by atoms with E-state index < -0.39 is 31.8 Å². The summed E-state index contributed by atoms with van der Waals surface area (Å²) in [4.78, 5) is 13.1. The summed E-state index contributed by atoms with van der Waals surface area (Å²) < 4.78 is 50.8. The Bertz CT molecular complexity index is 1200. The molecule has 1 amide bonds. The topological polar surface area (TPSA) is 101 Å². The lowest BCUT2D eigenvalue weighted by Crippen LogP contribution is -2.38. The number of hydrogen-bond donors (Lipinski definition) is 1. The van der Waals surface area contributed by atoms with Crippen molar-refractivity contribution in [3.63, 3.8) is 0 Å². The van der Waals surface area contributed by atoms with Gasteiger partial charge in [0.1, 0.15) is 0 Å². The van der Waals surface area contributed by atoms with Crippen molar-refractivity contribution in [3.05, 3.63) is 58.6 Å². The van der Waals surface area contributed by atoms with E-state index in [4.69, 9.17) is 11.6 Å². The number of benzene rings is 2. The highest BCUT2D eigenvalue weighted by molar-refractivity contribution is 7.90. The molecule has 0 unspecified atom stereocenters. The first-order valence-electron chi connectivity index (χ1n) is 10.3. The molecule has 0 bridgehead atoms. The van der Waals surface area contributed by atoms with Crippen LogP contribution in [0, 0.1) is 5.92 Å². The van der Waals surface area contributed by atoms with E-state index in [1.165, 1.54) is 34.6 Å². The largest absolute Gasteiger partial charge is 0.345 e. The molecule has 3 rings (SSSR count). The average molecular weight is 499 g/mol. The Balaban J connectivity index is 1.79. The number of nitrogens with zero attached hydrogens (tertiary/aromatic N) is 1. The van der Waals surface area contributed by atoms with Crippen molar-refractivity contribution in [2.45, 2.75) is 42.5 Å². The van der Waals surface area contributed by atoms with Crippen molar-refractivity contribution in [2.24, 2.45) is 5.92 Å². The van der Waals surface area contributed by atoms with Crippen LogP contribution in [0.4, 0.5) is 0 Å². The number of piperidine rings is 1. The molecule has 1 aliphatic heterocycles. The lowest BCUT2D eigenvalue weighted by molar-refractivity contribution is 0.0939. The minimum Gasteiger partial charge on any atom is -0.345 e. The first-order valence-corrected chi connectivity index (χ1v) is 14.0. The Kier molecular flexibility index (Phi) is 7.34. The molecule has 1 heterocycles. The van der Waals surface area contributed by atoms with Crippen LogP contribution in [0.1, 0.15) is 48.7 Å². The summed E-state index contributed by atoms with van der Waals surface area (Å²) in [7, 11) is -7.03. The third-order valence-corrected chi connectivity index (χ3v) is 9.07. The number of sulfonamides is 1. The summed E-state index contributed by atoms with van der Waals surface area (Å²) in [5, 5.41) is 2.94. The normalized spacial score (nSPS) is 17.1. The highest BCUT2D eigenvalue weighted by Crippen LogP contribution is 2.27. The summed E-state index contributed by atoms with van der Waals surface area (Å²) in [6.45, 7) is 4.75. The second-order valence-corrected chi connectivity index (χ2v) is 12.6. The molecule has 0 radical (unpaired) electrons. The Hall–Kier alpha value is -1.94. The molecule has 32 heavy (non-hydrogen) atoms. The van der Waals surface area contributed by atoms with E-state index in [1.54, 1.807) is 19.1 Å². The van der Waals surface area contributed by atoms with Crippen molar-refractivity contribution < 1.29 is 21.6 Å². The zero-order valence-corrected chi connectivity index (χ0v) is 20.6. The van der Waals surface area contributed by atoms with Crippen molar-refractivity contribution in [3.8, 4) is 0 Å². The maximum atomic E-state index is 13.0. The maximum absolute atomic E-state index is 13.0. The Morgan fingerprint density at radius 3 is 2.16 bits per heavy atom. The zero-order chi connectivity index (χ0) is 23.7. The predicted octanol–water partition coefficient (Wildman–Crippen LogP) is 3.66. The number of halogens is 1. The molecule has 1 atom stereocenters. The highest BCUT2D eigenvalue weighted by Gasteiger charge is 2.29. The quantitative estimate of drug-likeness (QED) is 0.655. The highest BCUT2D eigenvalue weighted by atomic mass is 35.5. The summed E-state index contributed by atoms with van der Waals surface area (Å²) in [6.07, 6.45) is 2.73. The summed E-state index contributed by atoms with van der Waals surface area (Å²) in [5.74, 6) is -0.0278. The maximum Gasteiger partial charge on any atom is 0.253 e. The molecule has 0 aliphatic carbocycles. The van der Waals surface area contributed by atoms with E-state index in [9.17, 15) is 21.6 Å². The third kappa shape index (κ3) is 5.51. The number of amides is 1. The molecule has 10 heteroatoms. The van der Waals surface area contributed by atoms with E-state index in [0.717, 1.165) is 19.1 Å². The second kappa shape index (κ2) is 9.51. The fourth-order valence-electron chi connectivity index (χ4n) is 3.57. The first-order chi connectivity index (χ1) is 14.9. The number of nitrogens with one attached hydrogen (secondary N) is 1. The standard InChI is InChI=1S/C22H27ClN2O5S2/c1-15-10-12-25(13-11-15)32(29,30)19-8-9-21(23)20(14-19)22(26)24-16(2)17-4-6-18(7-5-17)31(3,27)28/h4-9,14-16H,10-13H2,1-3H3,(H,24,26)/t16-/m1/s1. The number of carbonyl (C=O) groups excluding carboxylic acids is 1. The van der Waals surface area contributed by atoms with Gasteiger partial charge in [-0.2, -0.15) is 4.31 Å². The summed E-state index contributed by atoms with van der Waals surface area (Å²) >= 11 is 6.21. The van der Waals surface area contributed by atoms with E-state index in [-0.39, 0.29) is 20.4 Å². The van der Waals surface area contributed by atoms with Crippen LogP contribution in [0.3, 0.4) is 0 Å². The van der Waals surface area contributed by atoms with Crippen LogP contribution in [-0.4, -0.2) is 46.4 Å². The molecule has 1 fully saturated rings. The van der Waals surface area contributed by atoms with Crippen molar-refractivity contribution in [1.29, 1.82) is 0 Å². The Morgan fingerprint density at radius 1 is 1.03 bits per heavy atom. The Labute approximate surface area is 194 Å². The van der Waals surface area contributed by atoms with Crippen LogP contribution in [0.5, 0.6) is 0 Å². The molecule has 1 N–H and O–H groups in total. The van der Waals surface area contributed by atoms with E-state index in [2.05, 4.69) is 12.2 Å². The minimum atomic E-state index is -3.72. The molecule has 2 aromatic carbocycles. The van der Waals surface area contributed by atoms with E-state index in [1.807, 2.05) is 0 Å². The van der Waals surface area contributed by atoms with Gasteiger partial charge in [-0.15, -0.1) is 0 Å². The average Bonchev–Trinajstić information content (AvgIpc) is 2.73. The van der Waals surface area contributed by atoms with Crippen LogP contribution in [0.2, 0.25) is 5.02 Å². The van der Waals surface area contributed by atoms with Gasteiger partial charge in [0.2, 0.25) is 10.0 Å². The lowest BCUT2D eigenvalue weighted by atomic mass is 10.0. The second-order valence-electron chi connectivity index (χ2n) is 8.26. The minimum absolute atomic E-state index is 0.0340. The third-order valence-electron chi connectivity index (χ3n) is 5.72. The molecule has 0 aromatic heterocycles. The van der Waals surface area contributed by atoms with E-state index >= 15 is 0 Å². The Morgan fingerprint density at radius 2 is 1.59 bits per heavy atom. The lowest BCUT2D eigenvalue weighted by Gasteiger charge is -2.29. The van der Waals surface area contributed by atoms with Gasteiger partial charge in [-0.3, -0.25) is 4.79 Å². The van der Waals surface area contributed by atoms with Crippen LogP contribution >= 0.6 is 11.6 Å². The van der Waals surface area contributed by atoms with Gasteiger partial charge in [0.25, 0.3) is 5.91 Å². The molecular formula is C22H27ClN2O5S2. The zero-order valence-electron chi connectivity index (χ0n) is 18.2. The molecule has 1 aliphatic rings. The van der Waals surface area contributed by atoms with Gasteiger partial charge in [0.05, 0.1) is 26.4 Å². The first kappa shape index (κ1) is 24.7. The van der Waals surface area contributed by atoms with Gasteiger partial charge in [0.15, 0.2) is 9.84 Å². The fourth-order valence-corrected chi connectivity index (χ4v) is 5.90. The number of sulfone groups is 1. The molecule has 2 aromatic rings. The molecule has 0 spiro atoms. The van der Waals surface area contributed by atoms with Gasteiger partial charge in [-0.1, -0.05) is 30.7 Å². The van der Waals surface area contributed by atoms with Gasteiger partial charge in [-0.25, -0.2) is 16.8 Å². The van der Waals surface area contributed by atoms with Crippen molar-refractivity contribution >= 4 is 37.4 Å². The van der Waals surface area contributed by atoms with Gasteiger partial charge in [-0.05, 0) is 61.6 Å². The monoisotopic (exact) mass is 498 g/mol. The fraction of sp³-hybridized carbons (Fsp3) is 0.409. The van der Waals surface area contributed by atoms with E-state index in [0.29, 0.717) is 24.6 Å². The van der Waals surface area contributed by atoms with Crippen LogP contribution in [0.15, 0.2) is 52.3 Å². The molecular weight excluding hydrogens is 472 g/mol. The van der Waals surface area contributed by atoms with Crippen LogP contribution in [-0.2, 0) is 19.9 Å². The van der Waals surface area contributed by atoms with Gasteiger partial charge < -0.3 is 5.32 Å². The van der Waals surface area contributed by atoms with Crippen molar-refractivity contribution in [2.75, 3.05) is 19.3 Å². The molecule has 174 valence electrons. The molecule has 0 saturated carbocycles. The molecule has 7 nitrogen and oxygen atoms in total. The summed E-state index contributed by atoms with van der Waals surface area (Å²) in [6, 6.07) is 9.91. The SMILES string of the molecule is CC1CCN(S(=O)(=O)c2ccc(Cl)c(C(=O)N[C@H](C)c3ccc(S(C)(=O)=O)cc3)c2)CC1. The smallest absolute Gasteiger partial charge is 0.253 e. The number of rotatable bonds is 6. The van der Waals surface area contributed by atoms with Crippen molar-refractivity contribution in [1.82, 2.24) is 9.62 Å². The number of carbonyl (C=O) groups is 1. The number of hydrogen-bond acceptors (Lipinski definition) is 5. The summed E-state index contributed by atoms with van der Waals surface area (Å²) in [5.41, 5.74) is 0.769. The van der Waals surface area contributed by atoms with Crippen LogP contribution in [0.25, 0.3) is 0 Å². The van der Waals surface area contributed by atoms with Gasteiger partial charge in [0, 0.05) is 19.3 Å².